The lowest BCUT2D eigenvalue weighted by atomic mass is 9.78. The standard InChI is InChI=1S/C36H34FN3O2/c1-3-39(4-2)29-20-16-25(17-21-29)35-34-31(22-27(23-33(34)41)24-14-18-28(37)19-15-24)38-30-12-8-9-13-32(30)40(35)36(42)26-10-6-5-7-11-26/h5-21,27,35,38H,3-4,22-23H2,1-2H3/t27-,35-/m1/s1. The highest BCUT2D eigenvalue weighted by molar-refractivity contribution is 6.12. The van der Waals surface area contributed by atoms with Crippen LogP contribution in [-0.2, 0) is 4.79 Å². The van der Waals surface area contributed by atoms with E-state index in [2.05, 4.69) is 36.2 Å². The fourth-order valence-corrected chi connectivity index (χ4v) is 6.28. The molecule has 42 heavy (non-hydrogen) atoms. The van der Waals surface area contributed by atoms with Gasteiger partial charge in [-0.05, 0) is 85.8 Å². The Labute approximate surface area is 246 Å². The van der Waals surface area contributed by atoms with Crippen LogP contribution in [0, 0.1) is 5.82 Å². The summed E-state index contributed by atoms with van der Waals surface area (Å²) in [7, 11) is 0. The molecular formula is C36H34FN3O2. The minimum atomic E-state index is -0.628. The van der Waals surface area contributed by atoms with Crippen molar-refractivity contribution in [3.63, 3.8) is 0 Å². The summed E-state index contributed by atoms with van der Waals surface area (Å²) in [5.74, 6) is -0.594. The van der Waals surface area contributed by atoms with Crippen molar-refractivity contribution in [3.05, 3.63) is 137 Å². The van der Waals surface area contributed by atoms with E-state index in [4.69, 9.17) is 0 Å². The highest BCUT2D eigenvalue weighted by atomic mass is 19.1. The molecule has 0 aromatic heterocycles. The SMILES string of the molecule is CCN(CC)c1ccc([C@@H]2C3=C(C[C@@H](c4ccc(F)cc4)CC3=O)Nc3ccccc3N2C(=O)c2ccccc2)cc1. The van der Waals surface area contributed by atoms with Crippen LogP contribution in [0.25, 0.3) is 0 Å². The Kier molecular flexibility index (Phi) is 7.62. The molecule has 0 spiro atoms. The number of benzene rings is 4. The monoisotopic (exact) mass is 559 g/mol. The van der Waals surface area contributed by atoms with E-state index in [1.165, 1.54) is 12.1 Å². The Balaban J connectivity index is 1.53. The molecule has 1 heterocycles. The van der Waals surface area contributed by atoms with Gasteiger partial charge in [0.2, 0.25) is 0 Å². The molecule has 0 fully saturated rings. The Bertz CT molecular complexity index is 1630. The van der Waals surface area contributed by atoms with Crippen molar-refractivity contribution >= 4 is 28.8 Å². The molecule has 0 radical (unpaired) electrons. The molecule has 2 aliphatic rings. The summed E-state index contributed by atoms with van der Waals surface area (Å²) in [5.41, 5.74) is 6.32. The molecule has 0 bridgehead atoms. The first-order valence-electron chi connectivity index (χ1n) is 14.6. The highest BCUT2D eigenvalue weighted by Gasteiger charge is 2.41. The fraction of sp³-hybridized carbons (Fsp3) is 0.222. The van der Waals surface area contributed by atoms with Crippen molar-refractivity contribution in [1.82, 2.24) is 0 Å². The third kappa shape index (κ3) is 5.09. The summed E-state index contributed by atoms with van der Waals surface area (Å²) in [6, 6.07) is 31.0. The number of rotatable bonds is 6. The van der Waals surface area contributed by atoms with E-state index in [1.807, 2.05) is 66.7 Å². The van der Waals surface area contributed by atoms with E-state index >= 15 is 0 Å². The molecule has 6 rings (SSSR count). The van der Waals surface area contributed by atoms with Gasteiger partial charge in [0.25, 0.3) is 5.91 Å². The van der Waals surface area contributed by atoms with Gasteiger partial charge in [-0.2, -0.15) is 0 Å². The molecule has 4 aromatic carbocycles. The minimum Gasteiger partial charge on any atom is -0.372 e. The lowest BCUT2D eigenvalue weighted by Crippen LogP contribution is -2.38. The molecule has 0 saturated heterocycles. The summed E-state index contributed by atoms with van der Waals surface area (Å²) in [6.45, 7) is 6.02. The molecule has 1 N–H and O–H groups in total. The van der Waals surface area contributed by atoms with Crippen molar-refractivity contribution < 1.29 is 14.0 Å². The van der Waals surface area contributed by atoms with Gasteiger partial charge >= 0.3 is 0 Å². The normalized spacial score (nSPS) is 18.1. The molecule has 212 valence electrons. The molecule has 4 aromatic rings. The average Bonchev–Trinajstić information content (AvgIpc) is 3.17. The summed E-state index contributed by atoms with van der Waals surface area (Å²) < 4.78 is 13.7. The summed E-state index contributed by atoms with van der Waals surface area (Å²) in [6.07, 6.45) is 0.853. The quantitative estimate of drug-likeness (QED) is 0.261. The maximum Gasteiger partial charge on any atom is 0.259 e. The fourth-order valence-electron chi connectivity index (χ4n) is 6.28. The van der Waals surface area contributed by atoms with E-state index in [9.17, 15) is 14.0 Å². The van der Waals surface area contributed by atoms with E-state index in [-0.39, 0.29) is 29.8 Å². The van der Waals surface area contributed by atoms with Gasteiger partial charge in [-0.3, -0.25) is 14.5 Å². The number of ketones is 1. The Hall–Kier alpha value is -4.71. The van der Waals surface area contributed by atoms with Crippen LogP contribution in [0.4, 0.5) is 21.5 Å². The van der Waals surface area contributed by atoms with Crippen molar-refractivity contribution in [2.24, 2.45) is 0 Å². The molecule has 0 saturated carbocycles. The number of fused-ring (bicyclic) bond motifs is 1. The molecule has 1 aliphatic carbocycles. The number of hydrogen-bond acceptors (Lipinski definition) is 4. The van der Waals surface area contributed by atoms with Gasteiger partial charge in [-0.15, -0.1) is 0 Å². The van der Waals surface area contributed by atoms with Crippen LogP contribution in [0.1, 0.15) is 60.1 Å². The van der Waals surface area contributed by atoms with Crippen LogP contribution in [0.5, 0.6) is 0 Å². The summed E-state index contributed by atoms with van der Waals surface area (Å²) in [5, 5.41) is 3.57. The number of Topliss-reactive ketones (excluding diaryl/α,β-unsaturated/α-hetero) is 1. The number of nitrogens with zero attached hydrogens (tertiary/aromatic N) is 2. The number of halogens is 1. The van der Waals surface area contributed by atoms with Gasteiger partial charge in [0.05, 0.1) is 17.4 Å². The van der Waals surface area contributed by atoms with Crippen molar-refractivity contribution in [3.8, 4) is 0 Å². The summed E-state index contributed by atoms with van der Waals surface area (Å²) in [4.78, 5) is 32.7. The van der Waals surface area contributed by atoms with Crippen LogP contribution in [0.15, 0.2) is 114 Å². The van der Waals surface area contributed by atoms with E-state index < -0.39 is 6.04 Å². The molecule has 6 heteroatoms. The average molecular weight is 560 g/mol. The first-order valence-corrected chi connectivity index (χ1v) is 14.6. The molecule has 1 amide bonds. The third-order valence-corrected chi connectivity index (χ3v) is 8.41. The van der Waals surface area contributed by atoms with Crippen molar-refractivity contribution in [2.45, 2.75) is 38.6 Å². The molecule has 1 aliphatic heterocycles. The van der Waals surface area contributed by atoms with Gasteiger partial charge in [0.1, 0.15) is 5.82 Å². The van der Waals surface area contributed by atoms with Crippen molar-refractivity contribution in [1.29, 1.82) is 0 Å². The predicted octanol–water partition coefficient (Wildman–Crippen LogP) is 7.89. The first kappa shape index (κ1) is 27.5. The van der Waals surface area contributed by atoms with Gasteiger partial charge in [-0.1, -0.05) is 54.6 Å². The molecular weight excluding hydrogens is 525 g/mol. The second-order valence-electron chi connectivity index (χ2n) is 10.8. The largest absolute Gasteiger partial charge is 0.372 e. The zero-order valence-corrected chi connectivity index (χ0v) is 23.9. The number of allylic oxidation sites excluding steroid dienone is 1. The number of amides is 1. The van der Waals surface area contributed by atoms with Crippen LogP contribution in [-0.4, -0.2) is 24.8 Å². The predicted molar refractivity (Wildman–Crippen MR) is 166 cm³/mol. The maximum atomic E-state index is 14.4. The van der Waals surface area contributed by atoms with Crippen LogP contribution in [0.2, 0.25) is 0 Å². The minimum absolute atomic E-state index is 0.0189. The lowest BCUT2D eigenvalue weighted by molar-refractivity contribution is -0.116. The second-order valence-corrected chi connectivity index (χ2v) is 10.8. The second kappa shape index (κ2) is 11.6. The number of carbonyl (C=O) groups is 2. The number of carbonyl (C=O) groups excluding carboxylic acids is 2. The lowest BCUT2D eigenvalue weighted by Gasteiger charge is -2.35. The third-order valence-electron chi connectivity index (χ3n) is 8.41. The van der Waals surface area contributed by atoms with Crippen LogP contribution >= 0.6 is 0 Å². The Morgan fingerprint density at radius 1 is 0.833 bits per heavy atom. The summed E-state index contributed by atoms with van der Waals surface area (Å²) >= 11 is 0. The molecule has 5 nitrogen and oxygen atoms in total. The van der Waals surface area contributed by atoms with Gasteiger partial charge in [-0.25, -0.2) is 4.39 Å². The molecule has 2 atom stereocenters. The van der Waals surface area contributed by atoms with Crippen LogP contribution < -0.4 is 15.1 Å². The Morgan fingerprint density at radius 3 is 2.17 bits per heavy atom. The number of anilines is 3. The van der Waals surface area contributed by atoms with E-state index in [0.29, 0.717) is 23.2 Å². The van der Waals surface area contributed by atoms with Crippen molar-refractivity contribution in [2.75, 3.05) is 28.2 Å². The van der Waals surface area contributed by atoms with Gasteiger partial charge < -0.3 is 10.2 Å². The smallest absolute Gasteiger partial charge is 0.259 e. The zero-order chi connectivity index (χ0) is 29.2. The van der Waals surface area contributed by atoms with Gasteiger partial charge in [0, 0.05) is 42.0 Å². The van der Waals surface area contributed by atoms with Gasteiger partial charge in [0.15, 0.2) is 5.78 Å². The van der Waals surface area contributed by atoms with E-state index in [0.717, 1.165) is 41.3 Å². The number of hydrogen-bond donors (Lipinski definition) is 1. The highest BCUT2D eigenvalue weighted by Crippen LogP contribution is 2.48. The van der Waals surface area contributed by atoms with Crippen LogP contribution in [0.3, 0.4) is 0 Å². The Morgan fingerprint density at radius 2 is 1.48 bits per heavy atom. The topological polar surface area (TPSA) is 52.7 Å². The number of para-hydroxylation sites is 2. The molecule has 0 unspecified atom stereocenters. The first-order chi connectivity index (χ1) is 20.5. The zero-order valence-electron chi connectivity index (χ0n) is 23.9. The maximum absolute atomic E-state index is 14.4. The van der Waals surface area contributed by atoms with E-state index in [1.54, 1.807) is 17.0 Å². The number of nitrogens with one attached hydrogen (secondary N) is 1.